The van der Waals surface area contributed by atoms with Crippen molar-refractivity contribution in [2.45, 2.75) is 82.5 Å². The van der Waals surface area contributed by atoms with E-state index in [1.54, 1.807) is 0 Å². The molecular weight excluding hydrogens is 320 g/mol. The maximum atomic E-state index is 12.2. The van der Waals surface area contributed by atoms with E-state index in [0.717, 1.165) is 32.1 Å². The Labute approximate surface area is 149 Å². The molecule has 0 aliphatic heterocycles. The average Bonchev–Trinajstić information content (AvgIpc) is 2.98. The molecule has 0 spiro atoms. The second kappa shape index (κ2) is 8.41. The lowest BCUT2D eigenvalue weighted by molar-refractivity contribution is -0.155. The quantitative estimate of drug-likeness (QED) is 0.542. The Morgan fingerprint density at radius 3 is 2.44 bits per heavy atom. The fourth-order valence-corrected chi connectivity index (χ4v) is 3.67. The van der Waals surface area contributed by atoms with Crippen molar-refractivity contribution >= 4 is 11.9 Å². The average molecular weight is 350 g/mol. The smallest absolute Gasteiger partial charge is 0.354 e. The van der Waals surface area contributed by atoms with Gasteiger partial charge in [-0.1, -0.05) is 26.5 Å². The van der Waals surface area contributed by atoms with Crippen molar-refractivity contribution in [2.75, 3.05) is 0 Å². The fourth-order valence-electron chi connectivity index (χ4n) is 3.67. The lowest BCUT2D eigenvalue weighted by Crippen LogP contribution is -2.37. The zero-order valence-electron chi connectivity index (χ0n) is 15.1. The molecule has 0 heterocycles. The van der Waals surface area contributed by atoms with Gasteiger partial charge >= 0.3 is 11.9 Å². The second-order valence-electron chi connectivity index (χ2n) is 7.18. The van der Waals surface area contributed by atoms with Gasteiger partial charge in [-0.05, 0) is 44.9 Å². The van der Waals surface area contributed by atoms with Crippen LogP contribution in [-0.2, 0) is 19.1 Å². The topological polar surface area (TPSA) is 90.7 Å². The van der Waals surface area contributed by atoms with Crippen molar-refractivity contribution in [3.05, 3.63) is 24.6 Å². The molecule has 0 bridgehead atoms. The van der Waals surface area contributed by atoms with Crippen molar-refractivity contribution in [2.24, 2.45) is 5.73 Å². The minimum absolute atomic E-state index is 0.00892. The number of ether oxygens (including phenoxy) is 2. The molecule has 2 unspecified atom stereocenters. The zero-order chi connectivity index (χ0) is 18.4. The second-order valence-corrected chi connectivity index (χ2v) is 7.18. The lowest BCUT2D eigenvalue weighted by Gasteiger charge is -2.28. The van der Waals surface area contributed by atoms with E-state index in [9.17, 15) is 9.59 Å². The maximum Gasteiger partial charge on any atom is 0.354 e. The van der Waals surface area contributed by atoms with Gasteiger partial charge in [0.2, 0.25) is 0 Å². The lowest BCUT2D eigenvalue weighted by atomic mass is 9.98. The highest BCUT2D eigenvalue weighted by atomic mass is 16.6. The van der Waals surface area contributed by atoms with Gasteiger partial charge in [0.1, 0.15) is 23.1 Å². The summed E-state index contributed by atoms with van der Waals surface area (Å²) in [5, 5.41) is 3.15. The summed E-state index contributed by atoms with van der Waals surface area (Å²) in [5.41, 5.74) is 5.03. The number of nitrogens with two attached hydrogens (primary N) is 1. The molecule has 6 nitrogen and oxygen atoms in total. The monoisotopic (exact) mass is 350 g/mol. The Balaban J connectivity index is 1.84. The van der Waals surface area contributed by atoms with E-state index in [-0.39, 0.29) is 29.5 Å². The standard InChI is InChI=1S/C19H30N2O4/c1-4-19(25-17(22)13(2)20)11-10-15(12-19)21-14(3)18(23)24-16-8-6-5-7-9-16/h15-16,21H,2-12,20H2,1H3. The Morgan fingerprint density at radius 1 is 1.16 bits per heavy atom. The molecule has 0 radical (unpaired) electrons. The molecule has 2 rings (SSSR count). The van der Waals surface area contributed by atoms with Crippen LogP contribution in [0.3, 0.4) is 0 Å². The summed E-state index contributed by atoms with van der Waals surface area (Å²) in [5.74, 6) is -0.953. The van der Waals surface area contributed by atoms with Crippen LogP contribution in [-0.4, -0.2) is 29.7 Å². The van der Waals surface area contributed by atoms with Gasteiger partial charge in [-0.3, -0.25) is 0 Å². The zero-order valence-corrected chi connectivity index (χ0v) is 15.1. The van der Waals surface area contributed by atoms with Crippen molar-refractivity contribution in [3.63, 3.8) is 0 Å². The molecule has 140 valence electrons. The van der Waals surface area contributed by atoms with Gasteiger partial charge in [0.25, 0.3) is 0 Å². The summed E-state index contributed by atoms with van der Waals surface area (Å²) in [6, 6.07) is 0.0187. The predicted octanol–water partition coefficient (Wildman–Crippen LogP) is 2.68. The molecule has 25 heavy (non-hydrogen) atoms. The van der Waals surface area contributed by atoms with Crippen molar-refractivity contribution in [1.29, 1.82) is 0 Å². The van der Waals surface area contributed by atoms with E-state index in [0.29, 0.717) is 19.3 Å². The normalized spacial score (nSPS) is 26.7. The summed E-state index contributed by atoms with van der Waals surface area (Å²) in [6.45, 7) is 9.21. The number of carbonyl (C=O) groups is 2. The fraction of sp³-hybridized carbons (Fsp3) is 0.684. The largest absolute Gasteiger partial charge is 0.458 e. The van der Waals surface area contributed by atoms with E-state index in [2.05, 4.69) is 18.5 Å². The number of carbonyl (C=O) groups excluding carboxylic acids is 2. The third-order valence-corrected chi connectivity index (χ3v) is 5.23. The molecule has 2 atom stereocenters. The van der Waals surface area contributed by atoms with Gasteiger partial charge in [0.05, 0.1) is 0 Å². The van der Waals surface area contributed by atoms with E-state index in [4.69, 9.17) is 15.2 Å². The van der Waals surface area contributed by atoms with Gasteiger partial charge < -0.3 is 20.5 Å². The minimum atomic E-state index is -0.571. The molecule has 6 heteroatoms. The van der Waals surface area contributed by atoms with Crippen LogP contribution in [0.4, 0.5) is 0 Å². The summed E-state index contributed by atoms with van der Waals surface area (Å²) < 4.78 is 11.1. The van der Waals surface area contributed by atoms with Gasteiger partial charge in [0, 0.05) is 12.5 Å². The van der Waals surface area contributed by atoms with Crippen LogP contribution in [0, 0.1) is 0 Å². The van der Waals surface area contributed by atoms with Crippen molar-refractivity contribution in [3.8, 4) is 0 Å². The van der Waals surface area contributed by atoms with Crippen LogP contribution < -0.4 is 11.1 Å². The minimum Gasteiger partial charge on any atom is -0.458 e. The summed E-state index contributed by atoms with van der Waals surface area (Å²) in [6.07, 6.45) is 8.09. The summed E-state index contributed by atoms with van der Waals surface area (Å²) >= 11 is 0. The first-order valence-corrected chi connectivity index (χ1v) is 9.19. The van der Waals surface area contributed by atoms with Crippen LogP contribution in [0.1, 0.15) is 64.7 Å². The molecule has 2 aliphatic rings. The van der Waals surface area contributed by atoms with E-state index >= 15 is 0 Å². The Hall–Kier alpha value is -1.98. The first kappa shape index (κ1) is 19.3. The van der Waals surface area contributed by atoms with Crippen LogP contribution in [0.15, 0.2) is 24.6 Å². The molecule has 0 aromatic carbocycles. The van der Waals surface area contributed by atoms with Crippen molar-refractivity contribution in [1.82, 2.24) is 5.32 Å². The first-order chi connectivity index (χ1) is 11.8. The number of esters is 2. The van der Waals surface area contributed by atoms with Gasteiger partial charge in [-0.2, -0.15) is 0 Å². The molecule has 0 saturated heterocycles. The van der Waals surface area contributed by atoms with Gasteiger partial charge in [-0.15, -0.1) is 0 Å². The first-order valence-electron chi connectivity index (χ1n) is 9.19. The van der Waals surface area contributed by atoms with E-state index < -0.39 is 11.6 Å². The third-order valence-electron chi connectivity index (χ3n) is 5.23. The van der Waals surface area contributed by atoms with E-state index in [1.807, 2.05) is 6.92 Å². The van der Waals surface area contributed by atoms with Gasteiger partial charge in [0.15, 0.2) is 0 Å². The Kier molecular flexibility index (Phi) is 6.51. The predicted molar refractivity (Wildman–Crippen MR) is 95.3 cm³/mol. The van der Waals surface area contributed by atoms with Crippen molar-refractivity contribution < 1.29 is 19.1 Å². The molecule has 2 saturated carbocycles. The number of rotatable bonds is 7. The number of hydrogen-bond acceptors (Lipinski definition) is 6. The molecule has 2 aliphatic carbocycles. The number of hydrogen-bond donors (Lipinski definition) is 2. The molecule has 0 aromatic heterocycles. The molecule has 3 N–H and O–H groups in total. The highest BCUT2D eigenvalue weighted by Gasteiger charge is 2.41. The Morgan fingerprint density at radius 2 is 1.84 bits per heavy atom. The van der Waals surface area contributed by atoms with Crippen LogP contribution in [0.25, 0.3) is 0 Å². The highest BCUT2D eigenvalue weighted by Crippen LogP contribution is 2.37. The Bertz CT molecular complexity index is 540. The third kappa shape index (κ3) is 5.25. The molecule has 0 amide bonds. The molecule has 0 aromatic rings. The summed E-state index contributed by atoms with van der Waals surface area (Å²) in [4.78, 5) is 24.0. The molecular formula is C19H30N2O4. The van der Waals surface area contributed by atoms with Crippen LogP contribution in [0.2, 0.25) is 0 Å². The number of nitrogens with one attached hydrogen (secondary N) is 1. The van der Waals surface area contributed by atoms with E-state index in [1.165, 1.54) is 6.42 Å². The van der Waals surface area contributed by atoms with Gasteiger partial charge in [-0.25, -0.2) is 9.59 Å². The van der Waals surface area contributed by atoms with Crippen LogP contribution >= 0.6 is 0 Å². The summed E-state index contributed by atoms with van der Waals surface area (Å²) in [7, 11) is 0. The van der Waals surface area contributed by atoms with Crippen LogP contribution in [0.5, 0.6) is 0 Å². The maximum absolute atomic E-state index is 12.2. The molecule has 2 fully saturated rings. The SMILES string of the molecule is C=C(N)C(=O)OC1(CC)CCC(NC(=C)C(=O)OC2CCCCC2)C1. The highest BCUT2D eigenvalue weighted by molar-refractivity contribution is 5.87.